The molecular weight excluding hydrogens is 330 g/mol. The highest BCUT2D eigenvalue weighted by molar-refractivity contribution is 6.30. The van der Waals surface area contributed by atoms with E-state index in [1.54, 1.807) is 45.0 Å². The van der Waals surface area contributed by atoms with Crippen LogP contribution in [0.3, 0.4) is 0 Å². The van der Waals surface area contributed by atoms with Gasteiger partial charge in [-0.15, -0.1) is 0 Å². The smallest absolute Gasteiger partial charge is 0.336 e. The van der Waals surface area contributed by atoms with E-state index in [-0.39, 0.29) is 6.61 Å². The lowest BCUT2D eigenvalue weighted by Gasteiger charge is -2.30. The number of allylic oxidation sites excluding steroid dienone is 2. The molecule has 1 heterocycles. The van der Waals surface area contributed by atoms with Crippen molar-refractivity contribution in [2.45, 2.75) is 26.7 Å². The molecule has 0 unspecified atom stereocenters. The van der Waals surface area contributed by atoms with Gasteiger partial charge in [-0.2, -0.15) is 0 Å². The number of ether oxygens (including phenoxy) is 2. The number of dihydropyridines is 1. The summed E-state index contributed by atoms with van der Waals surface area (Å²) < 4.78 is 10.1. The van der Waals surface area contributed by atoms with Gasteiger partial charge in [0.25, 0.3) is 0 Å². The van der Waals surface area contributed by atoms with E-state index in [1.165, 1.54) is 7.11 Å². The molecule has 0 aromatic heterocycles. The van der Waals surface area contributed by atoms with Crippen LogP contribution in [0.5, 0.6) is 0 Å². The van der Waals surface area contributed by atoms with Crippen molar-refractivity contribution in [2.75, 3.05) is 13.7 Å². The molecule has 5 nitrogen and oxygen atoms in total. The third-order valence-corrected chi connectivity index (χ3v) is 4.12. The minimum absolute atomic E-state index is 0.249. The Morgan fingerprint density at radius 3 is 2.12 bits per heavy atom. The molecule has 0 radical (unpaired) electrons. The van der Waals surface area contributed by atoms with Gasteiger partial charge < -0.3 is 14.8 Å². The lowest BCUT2D eigenvalue weighted by molar-refractivity contribution is -0.139. The van der Waals surface area contributed by atoms with Crippen molar-refractivity contribution in [2.24, 2.45) is 0 Å². The first-order valence-electron chi connectivity index (χ1n) is 7.60. The summed E-state index contributed by atoms with van der Waals surface area (Å²) in [6, 6.07) is 7.03. The van der Waals surface area contributed by atoms with E-state index in [9.17, 15) is 9.59 Å². The number of rotatable bonds is 4. The topological polar surface area (TPSA) is 64.6 Å². The van der Waals surface area contributed by atoms with Crippen molar-refractivity contribution in [1.29, 1.82) is 0 Å². The lowest BCUT2D eigenvalue weighted by Crippen LogP contribution is -2.32. The van der Waals surface area contributed by atoms with Crippen LogP contribution in [0.1, 0.15) is 32.3 Å². The normalized spacial score (nSPS) is 17.5. The van der Waals surface area contributed by atoms with E-state index in [4.69, 9.17) is 21.1 Å². The molecule has 0 saturated heterocycles. The highest BCUT2D eigenvalue weighted by atomic mass is 35.5. The first-order valence-corrected chi connectivity index (χ1v) is 7.97. The van der Waals surface area contributed by atoms with Crippen molar-refractivity contribution in [3.05, 3.63) is 57.4 Å². The molecule has 0 fully saturated rings. The van der Waals surface area contributed by atoms with Crippen molar-refractivity contribution in [1.82, 2.24) is 5.32 Å². The second-order valence-corrected chi connectivity index (χ2v) is 5.84. The van der Waals surface area contributed by atoms with Crippen molar-refractivity contribution in [3.63, 3.8) is 0 Å². The fraction of sp³-hybridized carbons (Fsp3) is 0.333. The Bertz CT molecular complexity index is 719. The molecule has 2 rings (SSSR count). The van der Waals surface area contributed by atoms with E-state index in [0.717, 1.165) is 5.56 Å². The Hall–Kier alpha value is -2.27. The average Bonchev–Trinajstić information content (AvgIpc) is 2.54. The average molecular weight is 350 g/mol. The highest BCUT2D eigenvalue weighted by Gasteiger charge is 2.37. The molecule has 1 aromatic rings. The first-order chi connectivity index (χ1) is 11.4. The monoisotopic (exact) mass is 349 g/mol. The molecule has 1 N–H and O–H groups in total. The summed E-state index contributed by atoms with van der Waals surface area (Å²) in [5.41, 5.74) is 2.84. The zero-order chi connectivity index (χ0) is 17.9. The standard InChI is InChI=1S/C18H20ClNO4/c1-5-24-18(22)15-11(3)20-10(2)14(17(21)23-4)16(15)12-6-8-13(19)9-7-12/h6-9,16,20H,5H2,1-4H3/t16-/m1/s1. The molecule has 6 heteroatoms. The van der Waals surface area contributed by atoms with Gasteiger partial charge in [0.1, 0.15) is 0 Å². The SMILES string of the molecule is CCOC(=O)C1=C(C)NC(C)=C(C(=O)OC)[C@H]1c1ccc(Cl)cc1. The summed E-state index contributed by atoms with van der Waals surface area (Å²) >= 11 is 5.96. The predicted octanol–water partition coefficient (Wildman–Crippen LogP) is 3.31. The number of esters is 2. The molecular formula is C18H20ClNO4. The van der Waals surface area contributed by atoms with Crippen LogP contribution in [0, 0.1) is 0 Å². The van der Waals surface area contributed by atoms with Gasteiger partial charge in [-0.1, -0.05) is 23.7 Å². The predicted molar refractivity (Wildman–Crippen MR) is 91.4 cm³/mol. The number of benzene rings is 1. The van der Waals surface area contributed by atoms with E-state index in [2.05, 4.69) is 5.32 Å². The second kappa shape index (κ2) is 7.53. The maximum atomic E-state index is 12.5. The zero-order valence-corrected chi connectivity index (χ0v) is 14.9. The van der Waals surface area contributed by atoms with Crippen molar-refractivity contribution >= 4 is 23.5 Å². The van der Waals surface area contributed by atoms with Crippen LogP contribution in [0.15, 0.2) is 46.8 Å². The van der Waals surface area contributed by atoms with Crippen LogP contribution in [-0.2, 0) is 19.1 Å². The summed E-state index contributed by atoms with van der Waals surface area (Å²) in [7, 11) is 1.32. The quantitative estimate of drug-likeness (QED) is 0.845. The Kier molecular flexibility index (Phi) is 5.67. The fourth-order valence-electron chi connectivity index (χ4n) is 2.84. The molecule has 0 amide bonds. The van der Waals surface area contributed by atoms with E-state index in [1.807, 2.05) is 0 Å². The molecule has 0 aliphatic carbocycles. The van der Waals surface area contributed by atoms with Gasteiger partial charge >= 0.3 is 11.9 Å². The van der Waals surface area contributed by atoms with Crippen molar-refractivity contribution < 1.29 is 19.1 Å². The minimum atomic E-state index is -0.574. The molecule has 128 valence electrons. The number of carbonyl (C=O) groups is 2. The molecule has 24 heavy (non-hydrogen) atoms. The second-order valence-electron chi connectivity index (χ2n) is 5.40. The van der Waals surface area contributed by atoms with E-state index in [0.29, 0.717) is 27.6 Å². The summed E-state index contributed by atoms with van der Waals surface area (Å²) in [6.07, 6.45) is 0. The number of halogens is 1. The summed E-state index contributed by atoms with van der Waals surface area (Å²) in [4.78, 5) is 24.8. The number of nitrogens with one attached hydrogen (secondary N) is 1. The van der Waals surface area contributed by atoms with Crippen LogP contribution < -0.4 is 5.32 Å². The summed E-state index contributed by atoms with van der Waals surface area (Å²) in [6.45, 7) is 5.55. The van der Waals surface area contributed by atoms with Gasteiger partial charge in [0.05, 0.1) is 30.8 Å². The molecule has 1 atom stereocenters. The molecule has 1 aromatic carbocycles. The third-order valence-electron chi connectivity index (χ3n) is 3.86. The van der Waals surface area contributed by atoms with E-state index >= 15 is 0 Å². The van der Waals surface area contributed by atoms with Gasteiger partial charge in [-0.25, -0.2) is 9.59 Å². The highest BCUT2D eigenvalue weighted by Crippen LogP contribution is 2.39. The van der Waals surface area contributed by atoms with Gasteiger partial charge in [0, 0.05) is 16.4 Å². The van der Waals surface area contributed by atoms with Gasteiger partial charge in [0.15, 0.2) is 0 Å². The largest absolute Gasteiger partial charge is 0.466 e. The molecule has 0 spiro atoms. The van der Waals surface area contributed by atoms with Crippen LogP contribution in [0.2, 0.25) is 5.02 Å². The van der Waals surface area contributed by atoms with E-state index < -0.39 is 17.9 Å². The minimum Gasteiger partial charge on any atom is -0.466 e. The number of carbonyl (C=O) groups excluding carboxylic acids is 2. The van der Waals surface area contributed by atoms with Crippen LogP contribution in [0.4, 0.5) is 0 Å². The maximum Gasteiger partial charge on any atom is 0.336 e. The Morgan fingerprint density at radius 2 is 1.62 bits per heavy atom. The number of methoxy groups -OCH3 is 1. The zero-order valence-electron chi connectivity index (χ0n) is 14.1. The fourth-order valence-corrected chi connectivity index (χ4v) is 2.97. The number of hydrogen-bond acceptors (Lipinski definition) is 5. The number of hydrogen-bond donors (Lipinski definition) is 1. The summed E-state index contributed by atoms with van der Waals surface area (Å²) in [5.74, 6) is -1.53. The van der Waals surface area contributed by atoms with Gasteiger partial charge in [-0.3, -0.25) is 0 Å². The maximum absolute atomic E-state index is 12.5. The van der Waals surface area contributed by atoms with Crippen LogP contribution in [0.25, 0.3) is 0 Å². The Balaban J connectivity index is 2.63. The molecule has 0 bridgehead atoms. The third kappa shape index (κ3) is 3.46. The molecule has 1 aliphatic heterocycles. The van der Waals surface area contributed by atoms with Crippen LogP contribution >= 0.6 is 11.6 Å². The molecule has 0 saturated carbocycles. The van der Waals surface area contributed by atoms with Gasteiger partial charge in [0.2, 0.25) is 0 Å². The van der Waals surface area contributed by atoms with Gasteiger partial charge in [-0.05, 0) is 38.5 Å². The van der Waals surface area contributed by atoms with Crippen molar-refractivity contribution in [3.8, 4) is 0 Å². The lowest BCUT2D eigenvalue weighted by atomic mass is 9.80. The van der Waals surface area contributed by atoms with Crippen LogP contribution in [-0.4, -0.2) is 25.7 Å². The Labute approximate surface area is 146 Å². The summed E-state index contributed by atoms with van der Waals surface area (Å²) in [5, 5.41) is 3.65. The Morgan fingerprint density at radius 1 is 1.08 bits per heavy atom. The first kappa shape index (κ1) is 18.1. The molecule has 1 aliphatic rings.